The molecule has 0 aromatic heterocycles. The lowest BCUT2D eigenvalue weighted by Gasteiger charge is -2.10. The van der Waals surface area contributed by atoms with E-state index in [0.29, 0.717) is 16.5 Å². The van der Waals surface area contributed by atoms with Crippen LogP contribution >= 0.6 is 11.6 Å². The molecule has 0 heterocycles. The van der Waals surface area contributed by atoms with Gasteiger partial charge in [-0.15, -0.1) is 0 Å². The van der Waals surface area contributed by atoms with E-state index in [1.807, 2.05) is 6.07 Å². The minimum Gasteiger partial charge on any atom is -0.506 e. The monoisotopic (exact) mass is 314 g/mol. The van der Waals surface area contributed by atoms with Gasteiger partial charge < -0.3 is 14.6 Å². The molecule has 22 heavy (non-hydrogen) atoms. The molecule has 3 rings (SSSR count). The summed E-state index contributed by atoms with van der Waals surface area (Å²) in [7, 11) is 0. The van der Waals surface area contributed by atoms with E-state index in [0.717, 1.165) is 0 Å². The molecule has 0 saturated carbocycles. The van der Waals surface area contributed by atoms with Crippen LogP contribution in [0.5, 0.6) is 17.2 Å². The number of carbonyl (C=O) groups is 1. The predicted octanol–water partition coefficient (Wildman–Crippen LogP) is 4.78. The van der Waals surface area contributed by atoms with Gasteiger partial charge in [0.1, 0.15) is 17.2 Å². The van der Waals surface area contributed by atoms with E-state index in [-0.39, 0.29) is 16.5 Å². The number of hydrogen-bond acceptors (Lipinski definition) is 4. The van der Waals surface area contributed by atoms with Gasteiger partial charge in [-0.1, -0.05) is 54.1 Å². The number of benzene rings is 3. The van der Waals surface area contributed by atoms with Crippen LogP contribution in [-0.4, -0.2) is 11.3 Å². The van der Waals surface area contributed by atoms with Crippen LogP contribution in [0.2, 0.25) is 5.02 Å². The standard InChI is InChI=1S/C17H11ClO4/c18-14-10-15(12-8-4-5-9-13(12)16(14)19)22-17(20)21-11-6-2-1-3-7-11/h1-10,19H. The normalized spacial score (nSPS) is 10.4. The fourth-order valence-corrected chi connectivity index (χ4v) is 2.28. The Morgan fingerprint density at radius 1 is 0.909 bits per heavy atom. The summed E-state index contributed by atoms with van der Waals surface area (Å²) in [5, 5.41) is 11.1. The summed E-state index contributed by atoms with van der Waals surface area (Å²) in [6, 6.07) is 16.9. The molecule has 3 aromatic rings. The largest absolute Gasteiger partial charge is 0.519 e. The third-order valence-electron chi connectivity index (χ3n) is 3.07. The van der Waals surface area contributed by atoms with Crippen molar-refractivity contribution in [3.8, 4) is 17.2 Å². The Kier molecular flexibility index (Phi) is 3.85. The summed E-state index contributed by atoms with van der Waals surface area (Å²) in [6.45, 7) is 0. The van der Waals surface area contributed by atoms with Gasteiger partial charge in [0, 0.05) is 16.8 Å². The number of aromatic hydroxyl groups is 1. The van der Waals surface area contributed by atoms with Crippen molar-refractivity contribution in [2.75, 3.05) is 0 Å². The maximum absolute atomic E-state index is 11.9. The Hall–Kier alpha value is -2.72. The van der Waals surface area contributed by atoms with Gasteiger partial charge in [0.05, 0.1) is 5.02 Å². The summed E-state index contributed by atoms with van der Waals surface area (Å²) >= 11 is 5.95. The number of halogens is 1. The first kappa shape index (κ1) is 14.2. The molecule has 110 valence electrons. The quantitative estimate of drug-likeness (QED) is 0.546. The molecule has 0 atom stereocenters. The molecule has 0 spiro atoms. The molecule has 0 unspecified atom stereocenters. The minimum atomic E-state index is -0.877. The van der Waals surface area contributed by atoms with E-state index >= 15 is 0 Å². The summed E-state index contributed by atoms with van der Waals surface area (Å²) in [5.41, 5.74) is 0. The number of fused-ring (bicyclic) bond motifs is 1. The molecule has 3 aromatic carbocycles. The van der Waals surface area contributed by atoms with Gasteiger partial charge in [-0.2, -0.15) is 0 Å². The SMILES string of the molecule is O=C(Oc1ccccc1)Oc1cc(Cl)c(O)c2ccccc12. The molecule has 0 fully saturated rings. The van der Waals surface area contributed by atoms with Gasteiger partial charge in [0.15, 0.2) is 0 Å². The van der Waals surface area contributed by atoms with Crippen LogP contribution in [0, 0.1) is 0 Å². The van der Waals surface area contributed by atoms with Crippen LogP contribution in [0.1, 0.15) is 0 Å². The zero-order chi connectivity index (χ0) is 15.5. The Labute approximate surface area is 131 Å². The van der Waals surface area contributed by atoms with Crippen molar-refractivity contribution < 1.29 is 19.4 Å². The van der Waals surface area contributed by atoms with Crippen molar-refractivity contribution in [1.29, 1.82) is 0 Å². The van der Waals surface area contributed by atoms with Crippen molar-refractivity contribution in [1.82, 2.24) is 0 Å². The van der Waals surface area contributed by atoms with E-state index < -0.39 is 6.16 Å². The smallest absolute Gasteiger partial charge is 0.506 e. The number of phenolic OH excluding ortho intramolecular Hbond substituents is 1. The molecule has 0 aliphatic carbocycles. The van der Waals surface area contributed by atoms with Gasteiger partial charge in [-0.25, -0.2) is 4.79 Å². The van der Waals surface area contributed by atoms with E-state index in [1.165, 1.54) is 6.07 Å². The second-order valence-electron chi connectivity index (χ2n) is 4.52. The minimum absolute atomic E-state index is 0.0546. The van der Waals surface area contributed by atoms with E-state index in [2.05, 4.69) is 0 Å². The van der Waals surface area contributed by atoms with Gasteiger partial charge >= 0.3 is 6.16 Å². The first-order chi connectivity index (χ1) is 10.6. The number of para-hydroxylation sites is 1. The van der Waals surface area contributed by atoms with Crippen molar-refractivity contribution >= 4 is 28.5 Å². The molecule has 0 aliphatic rings. The highest BCUT2D eigenvalue weighted by Gasteiger charge is 2.15. The highest BCUT2D eigenvalue weighted by molar-refractivity contribution is 6.33. The van der Waals surface area contributed by atoms with E-state index in [1.54, 1.807) is 48.5 Å². The van der Waals surface area contributed by atoms with Gasteiger partial charge in [0.25, 0.3) is 0 Å². The number of rotatable bonds is 2. The first-order valence-electron chi connectivity index (χ1n) is 6.50. The van der Waals surface area contributed by atoms with Gasteiger partial charge in [0.2, 0.25) is 0 Å². The highest BCUT2D eigenvalue weighted by Crippen LogP contribution is 2.38. The Bertz CT molecular complexity index is 831. The number of hydrogen-bond donors (Lipinski definition) is 1. The molecule has 4 nitrogen and oxygen atoms in total. The Morgan fingerprint density at radius 2 is 1.55 bits per heavy atom. The number of carbonyl (C=O) groups excluding carboxylic acids is 1. The Balaban J connectivity index is 1.91. The summed E-state index contributed by atoms with van der Waals surface area (Å²) < 4.78 is 10.3. The van der Waals surface area contributed by atoms with E-state index in [9.17, 15) is 9.90 Å². The topological polar surface area (TPSA) is 55.8 Å². The zero-order valence-electron chi connectivity index (χ0n) is 11.3. The summed E-state index contributed by atoms with van der Waals surface area (Å²) in [6.07, 6.45) is -0.877. The van der Waals surface area contributed by atoms with Crippen LogP contribution in [0.4, 0.5) is 4.79 Å². The summed E-state index contributed by atoms with van der Waals surface area (Å²) in [5.74, 6) is 0.544. The van der Waals surface area contributed by atoms with Crippen LogP contribution in [0.3, 0.4) is 0 Å². The second kappa shape index (κ2) is 5.95. The van der Waals surface area contributed by atoms with Crippen molar-refractivity contribution in [3.05, 3.63) is 65.7 Å². The van der Waals surface area contributed by atoms with Gasteiger partial charge in [-0.3, -0.25) is 0 Å². The lowest BCUT2D eigenvalue weighted by Crippen LogP contribution is -2.13. The average Bonchev–Trinajstić information content (AvgIpc) is 2.53. The van der Waals surface area contributed by atoms with Crippen molar-refractivity contribution in [2.45, 2.75) is 0 Å². The molecule has 0 saturated heterocycles. The van der Waals surface area contributed by atoms with Crippen molar-refractivity contribution in [3.63, 3.8) is 0 Å². The maximum atomic E-state index is 11.9. The first-order valence-corrected chi connectivity index (χ1v) is 6.88. The zero-order valence-corrected chi connectivity index (χ0v) is 12.1. The third-order valence-corrected chi connectivity index (χ3v) is 3.36. The van der Waals surface area contributed by atoms with Gasteiger partial charge in [-0.05, 0) is 12.1 Å². The fourth-order valence-electron chi connectivity index (χ4n) is 2.07. The van der Waals surface area contributed by atoms with E-state index in [4.69, 9.17) is 21.1 Å². The molecule has 0 amide bonds. The second-order valence-corrected chi connectivity index (χ2v) is 4.93. The number of ether oxygens (including phenoxy) is 2. The molecule has 0 radical (unpaired) electrons. The number of phenols is 1. The molecular weight excluding hydrogens is 304 g/mol. The van der Waals surface area contributed by atoms with Crippen LogP contribution < -0.4 is 9.47 Å². The van der Waals surface area contributed by atoms with Crippen LogP contribution in [-0.2, 0) is 0 Å². The highest BCUT2D eigenvalue weighted by atomic mass is 35.5. The lowest BCUT2D eigenvalue weighted by atomic mass is 10.1. The van der Waals surface area contributed by atoms with Crippen LogP contribution in [0.25, 0.3) is 10.8 Å². The fraction of sp³-hybridized carbons (Fsp3) is 0. The predicted molar refractivity (Wildman–Crippen MR) is 83.7 cm³/mol. The third kappa shape index (κ3) is 2.82. The molecule has 5 heteroatoms. The lowest BCUT2D eigenvalue weighted by molar-refractivity contribution is 0.152. The molecule has 0 bridgehead atoms. The van der Waals surface area contributed by atoms with Crippen LogP contribution in [0.15, 0.2) is 60.7 Å². The summed E-state index contributed by atoms with van der Waals surface area (Å²) in [4.78, 5) is 11.9. The molecular formula is C17H11ClO4. The maximum Gasteiger partial charge on any atom is 0.519 e. The molecule has 0 aliphatic heterocycles. The van der Waals surface area contributed by atoms with Crippen molar-refractivity contribution in [2.24, 2.45) is 0 Å². The Morgan fingerprint density at radius 3 is 2.27 bits per heavy atom. The molecule has 1 N–H and O–H groups in total. The average molecular weight is 315 g/mol.